The van der Waals surface area contributed by atoms with Gasteiger partial charge in [0.25, 0.3) is 0 Å². The zero-order chi connectivity index (χ0) is 12.3. The summed E-state index contributed by atoms with van der Waals surface area (Å²) in [6, 6.07) is 9.69. The van der Waals surface area contributed by atoms with Crippen LogP contribution < -0.4 is 4.74 Å². The lowest BCUT2D eigenvalue weighted by atomic mass is 10.3. The molecule has 0 amide bonds. The first-order chi connectivity index (χ1) is 8.15. The third-order valence-electron chi connectivity index (χ3n) is 2.38. The minimum Gasteiger partial charge on any atom is -0.487 e. The summed E-state index contributed by atoms with van der Waals surface area (Å²) in [5, 5.41) is 5.08. The highest BCUT2D eigenvalue weighted by Crippen LogP contribution is 2.18. The number of nitrogens with zero attached hydrogens (tertiary/aromatic N) is 2. The second-order valence-corrected chi connectivity index (χ2v) is 4.56. The smallest absolute Gasteiger partial charge is 0.132 e. The zero-order valence-electron chi connectivity index (χ0n) is 9.93. The molecule has 1 aromatic heterocycles. The van der Waals surface area contributed by atoms with Gasteiger partial charge >= 0.3 is 0 Å². The van der Waals surface area contributed by atoms with Gasteiger partial charge in [-0.05, 0) is 38.1 Å². The van der Waals surface area contributed by atoms with Gasteiger partial charge in [-0.1, -0.05) is 17.7 Å². The van der Waals surface area contributed by atoms with Crippen molar-refractivity contribution in [1.82, 2.24) is 9.78 Å². The highest BCUT2D eigenvalue weighted by molar-refractivity contribution is 6.30. The van der Waals surface area contributed by atoms with Crippen molar-refractivity contribution in [3.63, 3.8) is 0 Å². The molecule has 2 rings (SSSR count). The molecule has 0 bridgehead atoms. The Balaban J connectivity index is 1.97. The van der Waals surface area contributed by atoms with Crippen LogP contribution in [0.4, 0.5) is 0 Å². The van der Waals surface area contributed by atoms with Crippen molar-refractivity contribution in [2.75, 3.05) is 0 Å². The van der Waals surface area contributed by atoms with E-state index in [-0.39, 0.29) is 0 Å². The monoisotopic (exact) mass is 250 g/mol. The molecule has 0 N–H and O–H groups in total. The molecule has 17 heavy (non-hydrogen) atoms. The molecule has 0 aliphatic rings. The summed E-state index contributed by atoms with van der Waals surface area (Å²) in [5.41, 5.74) is 0.915. The number of rotatable bonds is 4. The molecule has 0 fully saturated rings. The molecule has 0 spiro atoms. The zero-order valence-corrected chi connectivity index (χ0v) is 10.7. The minimum atomic E-state index is 0.370. The molecule has 0 unspecified atom stereocenters. The molecule has 0 aliphatic carbocycles. The lowest BCUT2D eigenvalue weighted by molar-refractivity contribution is 0.298. The summed E-state index contributed by atoms with van der Waals surface area (Å²) in [5.74, 6) is 0.761. The van der Waals surface area contributed by atoms with Crippen LogP contribution in [0.25, 0.3) is 0 Å². The fraction of sp³-hybridized carbons (Fsp3) is 0.308. The summed E-state index contributed by atoms with van der Waals surface area (Å²) in [7, 11) is 0. The molecule has 0 saturated heterocycles. The van der Waals surface area contributed by atoms with Gasteiger partial charge in [-0.3, -0.25) is 4.68 Å². The van der Waals surface area contributed by atoms with Crippen molar-refractivity contribution < 1.29 is 4.74 Å². The molecule has 0 atom stereocenters. The summed E-state index contributed by atoms with van der Waals surface area (Å²) in [4.78, 5) is 0. The Morgan fingerprint density at radius 2 is 2.18 bits per heavy atom. The molecule has 90 valence electrons. The first-order valence-corrected chi connectivity index (χ1v) is 5.95. The Morgan fingerprint density at radius 1 is 1.35 bits per heavy atom. The van der Waals surface area contributed by atoms with Crippen molar-refractivity contribution in [2.24, 2.45) is 0 Å². The minimum absolute atomic E-state index is 0.370. The van der Waals surface area contributed by atoms with Crippen LogP contribution in [-0.2, 0) is 6.61 Å². The molecule has 3 nitrogen and oxygen atoms in total. The molecule has 0 aliphatic heterocycles. The number of benzene rings is 1. The largest absolute Gasteiger partial charge is 0.487 e. The van der Waals surface area contributed by atoms with Crippen LogP contribution >= 0.6 is 11.6 Å². The molecule has 2 aromatic rings. The molecular formula is C13H15ClN2O. The van der Waals surface area contributed by atoms with Gasteiger partial charge in [0.2, 0.25) is 0 Å². The van der Waals surface area contributed by atoms with Crippen molar-refractivity contribution in [3.05, 3.63) is 47.2 Å². The standard InChI is InChI=1S/C13H15ClN2O/c1-10(2)16-7-6-12(15-16)9-17-13-5-3-4-11(14)8-13/h3-8,10H,9H2,1-2H3. The van der Waals surface area contributed by atoms with Gasteiger partial charge < -0.3 is 4.74 Å². The Labute approximate surface area is 106 Å². The van der Waals surface area contributed by atoms with Crippen LogP contribution in [0, 0.1) is 0 Å². The lowest BCUT2D eigenvalue weighted by Crippen LogP contribution is -2.03. The fourth-order valence-corrected chi connectivity index (χ4v) is 1.64. The Morgan fingerprint density at radius 3 is 2.82 bits per heavy atom. The van der Waals surface area contributed by atoms with Crippen molar-refractivity contribution in [3.8, 4) is 5.75 Å². The molecule has 0 saturated carbocycles. The lowest BCUT2D eigenvalue weighted by Gasteiger charge is -2.05. The second-order valence-electron chi connectivity index (χ2n) is 4.13. The van der Waals surface area contributed by atoms with E-state index in [0.717, 1.165) is 11.4 Å². The quantitative estimate of drug-likeness (QED) is 0.827. The van der Waals surface area contributed by atoms with E-state index in [9.17, 15) is 0 Å². The van der Waals surface area contributed by atoms with Gasteiger partial charge in [0.15, 0.2) is 0 Å². The summed E-state index contributed by atoms with van der Waals surface area (Å²) in [6.45, 7) is 4.64. The maximum absolute atomic E-state index is 5.87. The van der Waals surface area contributed by atoms with Gasteiger partial charge in [0, 0.05) is 17.3 Å². The second kappa shape index (κ2) is 5.23. The summed E-state index contributed by atoms with van der Waals surface area (Å²) >= 11 is 5.87. The number of aromatic nitrogens is 2. The van der Waals surface area contributed by atoms with E-state index < -0.39 is 0 Å². The first kappa shape index (κ1) is 12.0. The molecule has 0 radical (unpaired) electrons. The normalized spacial score (nSPS) is 10.8. The predicted molar refractivity (Wildman–Crippen MR) is 68.4 cm³/mol. The van der Waals surface area contributed by atoms with E-state index in [1.54, 1.807) is 6.07 Å². The van der Waals surface area contributed by atoms with Gasteiger partial charge in [-0.15, -0.1) is 0 Å². The van der Waals surface area contributed by atoms with Crippen molar-refractivity contribution in [2.45, 2.75) is 26.5 Å². The van der Waals surface area contributed by atoms with Gasteiger partial charge in [-0.25, -0.2) is 0 Å². The Kier molecular flexibility index (Phi) is 3.69. The maximum Gasteiger partial charge on any atom is 0.132 e. The van der Waals surface area contributed by atoms with Gasteiger partial charge in [0.05, 0.1) is 5.69 Å². The fourth-order valence-electron chi connectivity index (χ4n) is 1.46. The average Bonchev–Trinajstić information content (AvgIpc) is 2.75. The molecule has 1 aromatic carbocycles. The van der Waals surface area contributed by atoms with Crippen LogP contribution in [0.2, 0.25) is 5.02 Å². The van der Waals surface area contributed by atoms with Crippen molar-refractivity contribution in [1.29, 1.82) is 0 Å². The van der Waals surface area contributed by atoms with E-state index in [4.69, 9.17) is 16.3 Å². The topological polar surface area (TPSA) is 27.1 Å². The maximum atomic E-state index is 5.87. The van der Waals surface area contributed by atoms with E-state index in [1.807, 2.05) is 35.1 Å². The van der Waals surface area contributed by atoms with E-state index in [2.05, 4.69) is 18.9 Å². The van der Waals surface area contributed by atoms with Crippen LogP contribution in [0.5, 0.6) is 5.75 Å². The predicted octanol–water partition coefficient (Wildman–Crippen LogP) is 3.70. The molecule has 4 heteroatoms. The van der Waals surface area contributed by atoms with Crippen LogP contribution in [-0.4, -0.2) is 9.78 Å². The number of hydrogen-bond acceptors (Lipinski definition) is 2. The number of hydrogen-bond donors (Lipinski definition) is 0. The Bertz CT molecular complexity index is 494. The molecule has 1 heterocycles. The highest BCUT2D eigenvalue weighted by atomic mass is 35.5. The van der Waals surface area contributed by atoms with Crippen molar-refractivity contribution >= 4 is 11.6 Å². The Hall–Kier alpha value is -1.48. The first-order valence-electron chi connectivity index (χ1n) is 5.57. The molecular weight excluding hydrogens is 236 g/mol. The van der Waals surface area contributed by atoms with Gasteiger partial charge in [-0.2, -0.15) is 5.10 Å². The SMILES string of the molecule is CC(C)n1ccc(COc2cccc(Cl)c2)n1. The number of halogens is 1. The van der Waals surface area contributed by atoms with Gasteiger partial charge in [0.1, 0.15) is 12.4 Å². The third kappa shape index (κ3) is 3.24. The average molecular weight is 251 g/mol. The van der Waals surface area contributed by atoms with Crippen LogP contribution in [0.15, 0.2) is 36.5 Å². The van der Waals surface area contributed by atoms with E-state index in [0.29, 0.717) is 17.7 Å². The third-order valence-corrected chi connectivity index (χ3v) is 2.61. The summed E-state index contributed by atoms with van der Waals surface area (Å²) < 4.78 is 7.52. The van der Waals surface area contributed by atoms with Crippen LogP contribution in [0.1, 0.15) is 25.6 Å². The summed E-state index contributed by atoms with van der Waals surface area (Å²) in [6.07, 6.45) is 1.96. The highest BCUT2D eigenvalue weighted by Gasteiger charge is 2.03. The van der Waals surface area contributed by atoms with E-state index >= 15 is 0 Å². The van der Waals surface area contributed by atoms with Crippen LogP contribution in [0.3, 0.4) is 0 Å². The number of ether oxygens (including phenoxy) is 1. The van der Waals surface area contributed by atoms with E-state index in [1.165, 1.54) is 0 Å².